The lowest BCUT2D eigenvalue weighted by Gasteiger charge is -2.35. The van der Waals surface area contributed by atoms with Crippen LogP contribution < -0.4 is 14.4 Å². The number of aryl methyl sites for hydroxylation is 1. The molecule has 0 aliphatic carbocycles. The van der Waals surface area contributed by atoms with Crippen molar-refractivity contribution in [2.24, 2.45) is 0 Å². The maximum Gasteiger partial charge on any atom is 0.259 e. The van der Waals surface area contributed by atoms with E-state index in [9.17, 15) is 9.18 Å². The average Bonchev–Trinajstić information content (AvgIpc) is 2.87. The molecule has 4 aromatic rings. The zero-order valence-electron chi connectivity index (χ0n) is 19.3. The lowest BCUT2D eigenvalue weighted by molar-refractivity contribution is 0.0976. The number of methoxy groups -OCH3 is 2. The van der Waals surface area contributed by atoms with E-state index in [4.69, 9.17) is 14.5 Å². The number of hydrogen-bond donors (Lipinski definition) is 0. The van der Waals surface area contributed by atoms with Crippen molar-refractivity contribution in [3.8, 4) is 22.8 Å². The number of anilines is 1. The van der Waals surface area contributed by atoms with E-state index >= 15 is 0 Å². The Morgan fingerprint density at radius 1 is 1.00 bits per heavy atom. The molecule has 1 amide bonds. The molecule has 6 heteroatoms. The molecule has 3 aromatic carbocycles. The quantitative estimate of drug-likeness (QED) is 0.376. The minimum Gasteiger partial charge on any atom is -0.493 e. The van der Waals surface area contributed by atoms with Gasteiger partial charge in [-0.2, -0.15) is 0 Å². The van der Waals surface area contributed by atoms with Gasteiger partial charge in [0.1, 0.15) is 5.82 Å². The number of pyridine rings is 1. The van der Waals surface area contributed by atoms with Gasteiger partial charge in [-0.1, -0.05) is 18.2 Å². The number of para-hydroxylation sites is 1. The molecule has 1 aliphatic rings. The smallest absolute Gasteiger partial charge is 0.259 e. The number of rotatable bonds is 4. The van der Waals surface area contributed by atoms with Gasteiger partial charge >= 0.3 is 0 Å². The second-order valence-corrected chi connectivity index (χ2v) is 8.48. The standard InChI is InChI=1S/C28H25FN2O3/c1-17-8-9-19-14-20(29)11-12-25(19)31(17)28(32)22-16-24(30-23-7-5-4-6-21(22)23)18-10-13-26(33-2)27(15-18)34-3/h4-7,10-17H,8-9H2,1-3H3/t17-/m1/s1. The normalized spacial score (nSPS) is 15.2. The number of hydrogen-bond acceptors (Lipinski definition) is 4. The zero-order valence-corrected chi connectivity index (χ0v) is 19.3. The van der Waals surface area contributed by atoms with E-state index in [0.29, 0.717) is 22.8 Å². The van der Waals surface area contributed by atoms with Crippen molar-refractivity contribution in [2.45, 2.75) is 25.8 Å². The van der Waals surface area contributed by atoms with Crippen molar-refractivity contribution in [1.29, 1.82) is 0 Å². The van der Waals surface area contributed by atoms with Crippen molar-refractivity contribution < 1.29 is 18.7 Å². The van der Waals surface area contributed by atoms with Crippen LogP contribution in [0, 0.1) is 5.82 Å². The first-order valence-corrected chi connectivity index (χ1v) is 11.2. The van der Waals surface area contributed by atoms with Gasteiger partial charge in [0.2, 0.25) is 0 Å². The van der Waals surface area contributed by atoms with Gasteiger partial charge < -0.3 is 14.4 Å². The van der Waals surface area contributed by atoms with Gasteiger partial charge in [0, 0.05) is 22.7 Å². The Labute approximate surface area is 197 Å². The Morgan fingerprint density at radius 2 is 1.79 bits per heavy atom. The fourth-order valence-corrected chi connectivity index (χ4v) is 4.66. The molecule has 0 saturated carbocycles. The minimum absolute atomic E-state index is 0.0121. The van der Waals surface area contributed by atoms with E-state index in [1.165, 1.54) is 12.1 Å². The first kappa shape index (κ1) is 21.9. The van der Waals surface area contributed by atoms with E-state index in [1.54, 1.807) is 25.2 Å². The van der Waals surface area contributed by atoms with Gasteiger partial charge in [-0.15, -0.1) is 0 Å². The van der Waals surface area contributed by atoms with Gasteiger partial charge in [-0.3, -0.25) is 4.79 Å². The van der Waals surface area contributed by atoms with Crippen LogP contribution in [0.2, 0.25) is 0 Å². The summed E-state index contributed by atoms with van der Waals surface area (Å²) in [5.41, 5.74) is 4.36. The molecule has 0 unspecified atom stereocenters. The first-order chi connectivity index (χ1) is 16.5. The summed E-state index contributed by atoms with van der Waals surface area (Å²) in [6.45, 7) is 2.03. The van der Waals surface area contributed by atoms with Crippen molar-refractivity contribution in [3.05, 3.63) is 83.7 Å². The summed E-state index contributed by atoms with van der Waals surface area (Å²) in [6, 6.07) is 19.7. The topological polar surface area (TPSA) is 51.7 Å². The molecule has 5 rings (SSSR count). The van der Waals surface area contributed by atoms with Crippen LogP contribution in [0.1, 0.15) is 29.3 Å². The molecule has 2 heterocycles. The van der Waals surface area contributed by atoms with Gasteiger partial charge in [0.05, 0.1) is 31.0 Å². The van der Waals surface area contributed by atoms with Crippen LogP contribution in [0.5, 0.6) is 11.5 Å². The maximum absolute atomic E-state index is 14.0. The van der Waals surface area contributed by atoms with Gasteiger partial charge in [-0.25, -0.2) is 9.37 Å². The van der Waals surface area contributed by atoms with Crippen LogP contribution in [0.3, 0.4) is 0 Å². The molecule has 1 atom stereocenters. The Balaban J connectivity index is 1.67. The number of ether oxygens (including phenoxy) is 2. The molecule has 1 aromatic heterocycles. The zero-order chi connectivity index (χ0) is 23.8. The van der Waals surface area contributed by atoms with Crippen molar-refractivity contribution >= 4 is 22.5 Å². The Morgan fingerprint density at radius 3 is 2.59 bits per heavy atom. The summed E-state index contributed by atoms with van der Waals surface area (Å²) in [5, 5.41) is 0.776. The van der Waals surface area contributed by atoms with E-state index in [1.807, 2.05) is 55.5 Å². The number of carbonyl (C=O) groups excluding carboxylic acids is 1. The Kier molecular flexibility index (Phi) is 5.65. The molecule has 1 aliphatic heterocycles. The third kappa shape index (κ3) is 3.75. The van der Waals surface area contributed by atoms with Crippen LogP contribution in [-0.2, 0) is 6.42 Å². The van der Waals surface area contributed by atoms with Crippen LogP contribution in [0.4, 0.5) is 10.1 Å². The Bertz CT molecular complexity index is 1400. The molecule has 0 bridgehead atoms. The monoisotopic (exact) mass is 456 g/mol. The second kappa shape index (κ2) is 8.78. The SMILES string of the molecule is COc1ccc(-c2cc(C(=O)N3c4ccc(F)cc4CC[C@H]3C)c3ccccc3n2)cc1OC. The molecule has 0 saturated heterocycles. The van der Waals surface area contributed by atoms with Crippen molar-refractivity contribution in [3.63, 3.8) is 0 Å². The summed E-state index contributed by atoms with van der Waals surface area (Å²) in [7, 11) is 3.18. The molecule has 34 heavy (non-hydrogen) atoms. The van der Waals surface area contributed by atoms with Crippen LogP contribution >= 0.6 is 0 Å². The molecular formula is C28H25FN2O3. The highest BCUT2D eigenvalue weighted by Gasteiger charge is 2.30. The number of amides is 1. The molecule has 0 N–H and O–H groups in total. The molecule has 172 valence electrons. The predicted molar refractivity (Wildman–Crippen MR) is 131 cm³/mol. The summed E-state index contributed by atoms with van der Waals surface area (Å²) < 4.78 is 24.7. The second-order valence-electron chi connectivity index (χ2n) is 8.48. The highest BCUT2D eigenvalue weighted by atomic mass is 19.1. The molecule has 0 spiro atoms. The minimum atomic E-state index is -0.286. The number of benzene rings is 3. The molecule has 5 nitrogen and oxygen atoms in total. The summed E-state index contributed by atoms with van der Waals surface area (Å²) in [5.74, 6) is 0.795. The fraction of sp³-hybridized carbons (Fsp3) is 0.214. The third-order valence-electron chi connectivity index (χ3n) is 6.42. The van der Waals surface area contributed by atoms with E-state index < -0.39 is 0 Å². The van der Waals surface area contributed by atoms with Crippen LogP contribution in [-0.4, -0.2) is 31.2 Å². The van der Waals surface area contributed by atoms with Gasteiger partial charge in [-0.05, 0) is 73.9 Å². The Hall–Kier alpha value is -3.93. The van der Waals surface area contributed by atoms with E-state index in [2.05, 4.69) is 0 Å². The van der Waals surface area contributed by atoms with Crippen LogP contribution in [0.25, 0.3) is 22.2 Å². The highest BCUT2D eigenvalue weighted by molar-refractivity contribution is 6.15. The summed E-state index contributed by atoms with van der Waals surface area (Å²) in [4.78, 5) is 20.7. The fourth-order valence-electron chi connectivity index (χ4n) is 4.66. The number of halogens is 1. The lowest BCUT2D eigenvalue weighted by atomic mass is 9.94. The van der Waals surface area contributed by atoms with E-state index in [0.717, 1.165) is 40.6 Å². The summed E-state index contributed by atoms with van der Waals surface area (Å²) in [6.07, 6.45) is 1.51. The third-order valence-corrected chi connectivity index (χ3v) is 6.42. The first-order valence-electron chi connectivity index (χ1n) is 11.2. The largest absolute Gasteiger partial charge is 0.493 e. The number of nitrogens with zero attached hydrogens (tertiary/aromatic N) is 2. The van der Waals surface area contributed by atoms with Gasteiger partial charge in [0.15, 0.2) is 11.5 Å². The molecule has 0 radical (unpaired) electrons. The number of fused-ring (bicyclic) bond motifs is 2. The van der Waals surface area contributed by atoms with Crippen molar-refractivity contribution in [2.75, 3.05) is 19.1 Å². The molecule has 0 fully saturated rings. The maximum atomic E-state index is 14.0. The van der Waals surface area contributed by atoms with Gasteiger partial charge in [0.25, 0.3) is 5.91 Å². The summed E-state index contributed by atoms with van der Waals surface area (Å²) >= 11 is 0. The molecular weight excluding hydrogens is 431 g/mol. The number of carbonyl (C=O) groups is 1. The predicted octanol–water partition coefficient (Wildman–Crippen LogP) is 6.04. The average molecular weight is 457 g/mol. The van der Waals surface area contributed by atoms with E-state index in [-0.39, 0.29) is 17.8 Å². The number of aromatic nitrogens is 1. The van der Waals surface area contributed by atoms with Crippen LogP contribution in [0.15, 0.2) is 66.7 Å². The van der Waals surface area contributed by atoms with Crippen molar-refractivity contribution in [1.82, 2.24) is 4.98 Å². The lowest BCUT2D eigenvalue weighted by Crippen LogP contribution is -2.42. The highest BCUT2D eigenvalue weighted by Crippen LogP contribution is 2.36.